The maximum Gasteiger partial charge on any atom is 0.101 e. The molecule has 3 heteroatoms. The smallest absolute Gasteiger partial charge is 0.101 e. The SMILES string of the molecule is S=C1CCCC([S-])=N1. The molecule has 0 unspecified atom stereocenters. The van der Waals surface area contributed by atoms with Gasteiger partial charge in [-0.3, -0.25) is 4.99 Å². The highest BCUT2D eigenvalue weighted by Crippen LogP contribution is 2.07. The standard InChI is InChI=1S/C5H7NS2/c7-4-2-1-3-5(8)6-4/h1-3H2,(H,6,7,8)/p-1. The minimum absolute atomic E-state index is 0.779. The lowest BCUT2D eigenvalue weighted by molar-refractivity contribution is 0.914. The van der Waals surface area contributed by atoms with E-state index in [4.69, 9.17) is 24.8 Å². The molecule has 1 nitrogen and oxygen atoms in total. The number of thiocarbonyl (C=S) groups is 1. The summed E-state index contributed by atoms with van der Waals surface area (Å²) in [5.74, 6) is 0. The van der Waals surface area contributed by atoms with Crippen molar-refractivity contribution in [3.05, 3.63) is 0 Å². The molecule has 0 amide bonds. The molecule has 1 aliphatic heterocycles. The van der Waals surface area contributed by atoms with E-state index in [0.29, 0.717) is 0 Å². The summed E-state index contributed by atoms with van der Waals surface area (Å²) in [7, 11) is 0. The van der Waals surface area contributed by atoms with Gasteiger partial charge in [-0.1, -0.05) is 12.2 Å². The molecule has 8 heavy (non-hydrogen) atoms. The van der Waals surface area contributed by atoms with Crippen LogP contribution in [0.1, 0.15) is 19.3 Å². The first-order valence-electron chi connectivity index (χ1n) is 2.56. The predicted octanol–water partition coefficient (Wildman–Crippen LogP) is 1.44. The Bertz CT molecular complexity index is 139. The van der Waals surface area contributed by atoms with Crippen molar-refractivity contribution in [2.45, 2.75) is 19.3 Å². The fraction of sp³-hybridized carbons (Fsp3) is 0.600. The number of nitrogens with zero attached hydrogens (tertiary/aromatic N) is 1. The van der Waals surface area contributed by atoms with Crippen LogP contribution in [-0.2, 0) is 12.6 Å². The van der Waals surface area contributed by atoms with Gasteiger partial charge in [0.2, 0.25) is 0 Å². The van der Waals surface area contributed by atoms with Gasteiger partial charge >= 0.3 is 0 Å². The molecule has 0 aromatic carbocycles. The van der Waals surface area contributed by atoms with Crippen LogP contribution in [0.5, 0.6) is 0 Å². The Kier molecular flexibility index (Phi) is 1.91. The first-order valence-corrected chi connectivity index (χ1v) is 3.38. The zero-order valence-corrected chi connectivity index (χ0v) is 6.02. The molecular formula is C5H6NS2-. The molecule has 44 valence electrons. The number of hydrogen-bond acceptors (Lipinski definition) is 2. The van der Waals surface area contributed by atoms with Gasteiger partial charge in [0.15, 0.2) is 0 Å². The van der Waals surface area contributed by atoms with Gasteiger partial charge in [0, 0.05) is 6.42 Å². The van der Waals surface area contributed by atoms with Crippen molar-refractivity contribution in [3.8, 4) is 0 Å². The number of rotatable bonds is 0. The molecule has 0 saturated heterocycles. The Morgan fingerprint density at radius 2 is 2.25 bits per heavy atom. The van der Waals surface area contributed by atoms with Gasteiger partial charge in [-0.05, 0) is 12.8 Å². The molecule has 1 aliphatic rings. The Labute approximate surface area is 59.6 Å². The van der Waals surface area contributed by atoms with Gasteiger partial charge in [0.1, 0.15) is 4.99 Å². The van der Waals surface area contributed by atoms with Crippen LogP contribution < -0.4 is 0 Å². The third kappa shape index (κ3) is 1.49. The van der Waals surface area contributed by atoms with Crippen molar-refractivity contribution >= 4 is 34.9 Å². The quantitative estimate of drug-likeness (QED) is 0.377. The average Bonchev–Trinajstić information content (AvgIpc) is 1.64. The van der Waals surface area contributed by atoms with Crippen LogP contribution in [0.25, 0.3) is 0 Å². The lowest BCUT2D eigenvalue weighted by atomic mass is 10.2. The Hall–Kier alpha value is -0.0200. The zero-order chi connectivity index (χ0) is 5.98. The normalized spacial score (nSPS) is 20.5. The van der Waals surface area contributed by atoms with Gasteiger partial charge in [0.05, 0.1) is 0 Å². The topological polar surface area (TPSA) is 12.4 Å². The summed E-state index contributed by atoms with van der Waals surface area (Å²) in [6.07, 6.45) is 3.01. The zero-order valence-electron chi connectivity index (χ0n) is 4.39. The van der Waals surface area contributed by atoms with E-state index in [1.54, 1.807) is 0 Å². The molecule has 0 spiro atoms. The van der Waals surface area contributed by atoms with E-state index in [-0.39, 0.29) is 0 Å². The molecule has 1 rings (SSSR count). The Morgan fingerprint density at radius 3 is 2.62 bits per heavy atom. The third-order valence-electron chi connectivity index (χ3n) is 1.03. The lowest BCUT2D eigenvalue weighted by Crippen LogP contribution is -2.05. The largest absolute Gasteiger partial charge is 0.764 e. The summed E-state index contributed by atoms with van der Waals surface area (Å²) in [5.41, 5.74) is 0. The van der Waals surface area contributed by atoms with E-state index < -0.39 is 0 Å². The maximum atomic E-state index is 4.83. The van der Waals surface area contributed by atoms with Crippen LogP contribution in [0.15, 0.2) is 4.99 Å². The first kappa shape index (κ1) is 6.11. The van der Waals surface area contributed by atoms with Gasteiger partial charge < -0.3 is 12.6 Å². The van der Waals surface area contributed by atoms with Crippen molar-refractivity contribution in [3.63, 3.8) is 0 Å². The third-order valence-corrected chi connectivity index (χ3v) is 1.62. The van der Waals surface area contributed by atoms with Gasteiger partial charge in [-0.15, -0.1) is 5.04 Å². The van der Waals surface area contributed by atoms with Crippen LogP contribution in [0.2, 0.25) is 0 Å². The highest BCUT2D eigenvalue weighted by atomic mass is 32.1. The first-order chi connectivity index (χ1) is 3.79. The van der Waals surface area contributed by atoms with E-state index in [9.17, 15) is 0 Å². The highest BCUT2D eigenvalue weighted by molar-refractivity contribution is 7.81. The lowest BCUT2D eigenvalue weighted by Gasteiger charge is -2.15. The summed E-state index contributed by atoms with van der Waals surface area (Å²) in [6.45, 7) is 0. The van der Waals surface area contributed by atoms with E-state index in [1.807, 2.05) is 0 Å². The van der Waals surface area contributed by atoms with Crippen LogP contribution >= 0.6 is 12.2 Å². The molecule has 1 heterocycles. The van der Waals surface area contributed by atoms with Gasteiger partial charge in [0.25, 0.3) is 0 Å². The van der Waals surface area contributed by atoms with Crippen LogP contribution in [0.4, 0.5) is 0 Å². The number of hydrogen-bond donors (Lipinski definition) is 0. The highest BCUT2D eigenvalue weighted by Gasteiger charge is 1.98. The molecule has 0 saturated carbocycles. The Balaban J connectivity index is 2.64. The molecule has 0 radical (unpaired) electrons. The molecule has 0 aromatic heterocycles. The van der Waals surface area contributed by atoms with Crippen LogP contribution in [0, 0.1) is 0 Å². The van der Waals surface area contributed by atoms with E-state index in [1.165, 1.54) is 0 Å². The van der Waals surface area contributed by atoms with Crippen molar-refractivity contribution < 1.29 is 0 Å². The fourth-order valence-electron chi connectivity index (χ4n) is 0.642. The summed E-state index contributed by atoms with van der Waals surface area (Å²) < 4.78 is 0. The number of aliphatic imine (C=N–C) groups is 1. The summed E-state index contributed by atoms with van der Waals surface area (Å²) in [5, 5.41) is 0.779. The van der Waals surface area contributed by atoms with Crippen molar-refractivity contribution in [2.24, 2.45) is 4.99 Å². The van der Waals surface area contributed by atoms with E-state index >= 15 is 0 Å². The summed E-state index contributed by atoms with van der Waals surface area (Å²) >= 11 is 9.66. The van der Waals surface area contributed by atoms with E-state index in [2.05, 4.69) is 4.99 Å². The molecule has 0 aromatic rings. The minimum atomic E-state index is 0.779. The maximum absolute atomic E-state index is 4.83. The van der Waals surface area contributed by atoms with E-state index in [0.717, 1.165) is 29.3 Å². The second-order valence-corrected chi connectivity index (χ2v) is 2.70. The second-order valence-electron chi connectivity index (χ2n) is 1.75. The van der Waals surface area contributed by atoms with Crippen molar-refractivity contribution in [1.82, 2.24) is 0 Å². The van der Waals surface area contributed by atoms with Crippen molar-refractivity contribution in [1.29, 1.82) is 0 Å². The van der Waals surface area contributed by atoms with Gasteiger partial charge in [-0.25, -0.2) is 0 Å². The second kappa shape index (κ2) is 2.51. The average molecular weight is 144 g/mol. The van der Waals surface area contributed by atoms with Gasteiger partial charge in [-0.2, -0.15) is 0 Å². The fourth-order valence-corrected chi connectivity index (χ4v) is 1.21. The van der Waals surface area contributed by atoms with Crippen molar-refractivity contribution in [2.75, 3.05) is 0 Å². The monoisotopic (exact) mass is 144 g/mol. The molecular weight excluding hydrogens is 138 g/mol. The molecule has 0 atom stereocenters. The Morgan fingerprint density at radius 1 is 1.50 bits per heavy atom. The predicted molar refractivity (Wildman–Crippen MR) is 41.2 cm³/mol. The summed E-state index contributed by atoms with van der Waals surface area (Å²) in [6, 6.07) is 0. The molecule has 0 bridgehead atoms. The molecule has 0 aliphatic carbocycles. The summed E-state index contributed by atoms with van der Waals surface area (Å²) in [4.78, 5) is 4.72. The molecule has 0 fully saturated rings. The van der Waals surface area contributed by atoms with Crippen LogP contribution in [0.3, 0.4) is 0 Å². The molecule has 0 N–H and O–H groups in total. The van der Waals surface area contributed by atoms with Crippen LogP contribution in [-0.4, -0.2) is 10.0 Å². The minimum Gasteiger partial charge on any atom is -0.764 e.